The molecule has 1 aliphatic carbocycles. The van der Waals surface area contributed by atoms with Crippen molar-refractivity contribution in [3.8, 4) is 5.88 Å². The molecule has 0 aromatic carbocycles. The van der Waals surface area contributed by atoms with E-state index in [1.165, 1.54) is 0 Å². The van der Waals surface area contributed by atoms with Crippen molar-refractivity contribution in [3.63, 3.8) is 0 Å². The van der Waals surface area contributed by atoms with Gasteiger partial charge in [-0.1, -0.05) is 0 Å². The highest BCUT2D eigenvalue weighted by Crippen LogP contribution is 2.24. The Labute approximate surface area is 102 Å². The molecule has 0 amide bonds. The molecule has 2 unspecified atom stereocenters. The van der Waals surface area contributed by atoms with Crippen LogP contribution in [-0.4, -0.2) is 35.8 Å². The van der Waals surface area contributed by atoms with Crippen molar-refractivity contribution in [1.82, 2.24) is 9.97 Å². The molecule has 1 aromatic rings. The molecule has 94 valence electrons. The van der Waals surface area contributed by atoms with Crippen molar-refractivity contribution in [2.45, 2.75) is 38.3 Å². The summed E-state index contributed by atoms with van der Waals surface area (Å²) in [6, 6.07) is 2.17. The SMILES string of the molecule is CCOc1ccnc(NC2CCC(OC)C2)n1. The number of methoxy groups -OCH3 is 1. The highest BCUT2D eigenvalue weighted by atomic mass is 16.5. The van der Waals surface area contributed by atoms with Crippen LogP contribution >= 0.6 is 0 Å². The maximum Gasteiger partial charge on any atom is 0.226 e. The third-order valence-electron chi connectivity index (χ3n) is 2.97. The van der Waals surface area contributed by atoms with Crippen LogP contribution in [0.25, 0.3) is 0 Å². The third kappa shape index (κ3) is 3.30. The van der Waals surface area contributed by atoms with E-state index in [0.717, 1.165) is 19.3 Å². The first kappa shape index (κ1) is 12.1. The van der Waals surface area contributed by atoms with Crippen molar-refractivity contribution >= 4 is 5.95 Å². The van der Waals surface area contributed by atoms with Crippen LogP contribution in [-0.2, 0) is 4.74 Å². The molecule has 1 saturated carbocycles. The van der Waals surface area contributed by atoms with Crippen LogP contribution in [0.15, 0.2) is 12.3 Å². The van der Waals surface area contributed by atoms with Gasteiger partial charge in [0.2, 0.25) is 11.8 Å². The predicted molar refractivity (Wildman–Crippen MR) is 65.3 cm³/mol. The number of aromatic nitrogens is 2. The van der Waals surface area contributed by atoms with Crippen molar-refractivity contribution in [3.05, 3.63) is 12.3 Å². The van der Waals surface area contributed by atoms with Crippen molar-refractivity contribution in [2.75, 3.05) is 19.0 Å². The van der Waals surface area contributed by atoms with Gasteiger partial charge in [-0.3, -0.25) is 0 Å². The second kappa shape index (κ2) is 5.82. The largest absolute Gasteiger partial charge is 0.478 e. The van der Waals surface area contributed by atoms with Gasteiger partial charge in [-0.05, 0) is 26.2 Å². The molecular weight excluding hydrogens is 218 g/mol. The minimum atomic E-state index is 0.363. The smallest absolute Gasteiger partial charge is 0.226 e. The van der Waals surface area contributed by atoms with Gasteiger partial charge in [0.05, 0.1) is 12.7 Å². The van der Waals surface area contributed by atoms with Crippen molar-refractivity contribution in [2.24, 2.45) is 0 Å². The molecule has 1 aliphatic rings. The summed E-state index contributed by atoms with van der Waals surface area (Å²) >= 11 is 0. The number of hydrogen-bond acceptors (Lipinski definition) is 5. The fourth-order valence-corrected chi connectivity index (χ4v) is 2.11. The Kier molecular flexibility index (Phi) is 4.14. The lowest BCUT2D eigenvalue weighted by Gasteiger charge is -2.13. The van der Waals surface area contributed by atoms with Crippen LogP contribution in [0.4, 0.5) is 5.95 Å². The first-order chi connectivity index (χ1) is 8.31. The quantitative estimate of drug-likeness (QED) is 0.847. The van der Waals surface area contributed by atoms with E-state index in [-0.39, 0.29) is 0 Å². The summed E-state index contributed by atoms with van der Waals surface area (Å²) in [6.45, 7) is 2.56. The molecule has 1 heterocycles. The van der Waals surface area contributed by atoms with E-state index >= 15 is 0 Å². The molecule has 5 nitrogen and oxygen atoms in total. The molecule has 2 rings (SSSR count). The highest BCUT2D eigenvalue weighted by molar-refractivity contribution is 5.29. The monoisotopic (exact) mass is 237 g/mol. The van der Waals surface area contributed by atoms with E-state index in [1.807, 2.05) is 6.92 Å². The highest BCUT2D eigenvalue weighted by Gasteiger charge is 2.24. The summed E-state index contributed by atoms with van der Waals surface area (Å²) in [6.07, 6.45) is 5.28. The molecule has 0 radical (unpaired) electrons. The average Bonchev–Trinajstić information content (AvgIpc) is 2.78. The topological polar surface area (TPSA) is 56.3 Å². The molecule has 1 fully saturated rings. The number of ether oxygens (including phenoxy) is 2. The molecule has 0 bridgehead atoms. The van der Waals surface area contributed by atoms with Gasteiger partial charge in [0.1, 0.15) is 0 Å². The zero-order chi connectivity index (χ0) is 12.1. The zero-order valence-corrected chi connectivity index (χ0v) is 10.3. The normalized spacial score (nSPS) is 23.6. The molecule has 0 saturated heterocycles. The summed E-state index contributed by atoms with van der Waals surface area (Å²) in [5.74, 6) is 1.25. The molecule has 0 spiro atoms. The first-order valence-electron chi connectivity index (χ1n) is 6.07. The van der Waals surface area contributed by atoms with Gasteiger partial charge >= 0.3 is 0 Å². The Balaban J connectivity index is 1.92. The lowest BCUT2D eigenvalue weighted by Crippen LogP contribution is -2.19. The molecule has 17 heavy (non-hydrogen) atoms. The number of nitrogens with zero attached hydrogens (tertiary/aromatic N) is 2. The Morgan fingerprint density at radius 1 is 1.47 bits per heavy atom. The van der Waals surface area contributed by atoms with Gasteiger partial charge < -0.3 is 14.8 Å². The maximum atomic E-state index is 5.34. The Morgan fingerprint density at radius 3 is 3.06 bits per heavy atom. The average molecular weight is 237 g/mol. The van der Waals surface area contributed by atoms with Crippen molar-refractivity contribution < 1.29 is 9.47 Å². The van der Waals surface area contributed by atoms with Crippen LogP contribution in [0, 0.1) is 0 Å². The Hall–Kier alpha value is -1.36. The fourth-order valence-electron chi connectivity index (χ4n) is 2.11. The van der Waals surface area contributed by atoms with Crippen LogP contribution in [0.5, 0.6) is 5.88 Å². The van der Waals surface area contributed by atoms with E-state index in [2.05, 4.69) is 15.3 Å². The number of nitrogens with one attached hydrogen (secondary N) is 1. The lowest BCUT2D eigenvalue weighted by molar-refractivity contribution is 0.108. The summed E-state index contributed by atoms with van der Waals surface area (Å²) in [4.78, 5) is 8.48. The molecule has 2 atom stereocenters. The van der Waals surface area contributed by atoms with Gasteiger partial charge in [-0.15, -0.1) is 0 Å². The first-order valence-corrected chi connectivity index (χ1v) is 6.07. The molecule has 5 heteroatoms. The molecule has 1 N–H and O–H groups in total. The van der Waals surface area contributed by atoms with Gasteiger partial charge in [-0.2, -0.15) is 4.98 Å². The van der Waals surface area contributed by atoms with Gasteiger partial charge in [0.15, 0.2) is 0 Å². The maximum absolute atomic E-state index is 5.34. The van der Waals surface area contributed by atoms with Gasteiger partial charge in [0.25, 0.3) is 0 Å². The number of anilines is 1. The molecule has 0 aliphatic heterocycles. The Bertz CT molecular complexity index is 359. The fraction of sp³-hybridized carbons (Fsp3) is 0.667. The van der Waals surface area contributed by atoms with E-state index in [0.29, 0.717) is 30.6 Å². The Morgan fingerprint density at radius 2 is 2.35 bits per heavy atom. The van der Waals surface area contributed by atoms with E-state index < -0.39 is 0 Å². The summed E-state index contributed by atoms with van der Waals surface area (Å²) < 4.78 is 10.7. The minimum absolute atomic E-state index is 0.363. The zero-order valence-electron chi connectivity index (χ0n) is 10.3. The van der Waals surface area contributed by atoms with E-state index in [1.54, 1.807) is 19.4 Å². The lowest BCUT2D eigenvalue weighted by atomic mass is 10.2. The summed E-state index contributed by atoms with van der Waals surface area (Å²) in [7, 11) is 1.76. The minimum Gasteiger partial charge on any atom is -0.478 e. The second-order valence-electron chi connectivity index (χ2n) is 4.16. The standard InChI is InChI=1S/C12H19N3O2/c1-3-17-11-6-7-13-12(15-11)14-9-4-5-10(8-9)16-2/h6-7,9-10H,3-5,8H2,1-2H3,(H,13,14,15). The van der Waals surface area contributed by atoms with Crippen LogP contribution in [0.3, 0.4) is 0 Å². The summed E-state index contributed by atoms with van der Waals surface area (Å²) in [5, 5.41) is 3.32. The number of hydrogen-bond donors (Lipinski definition) is 1. The summed E-state index contributed by atoms with van der Waals surface area (Å²) in [5.41, 5.74) is 0. The second-order valence-corrected chi connectivity index (χ2v) is 4.16. The molecular formula is C12H19N3O2. The van der Waals surface area contributed by atoms with Crippen molar-refractivity contribution in [1.29, 1.82) is 0 Å². The number of rotatable bonds is 5. The van der Waals surface area contributed by atoms with Crippen LogP contribution in [0.2, 0.25) is 0 Å². The third-order valence-corrected chi connectivity index (χ3v) is 2.97. The van der Waals surface area contributed by atoms with Gasteiger partial charge in [-0.25, -0.2) is 4.98 Å². The van der Waals surface area contributed by atoms with E-state index in [4.69, 9.17) is 9.47 Å². The van der Waals surface area contributed by atoms with Crippen LogP contribution in [0.1, 0.15) is 26.2 Å². The van der Waals surface area contributed by atoms with E-state index in [9.17, 15) is 0 Å². The predicted octanol–water partition coefficient (Wildman–Crippen LogP) is 1.85. The molecule has 1 aromatic heterocycles. The van der Waals surface area contributed by atoms with Gasteiger partial charge in [0, 0.05) is 25.4 Å². The van der Waals surface area contributed by atoms with Crippen LogP contribution < -0.4 is 10.1 Å².